The van der Waals surface area contributed by atoms with Gasteiger partial charge >= 0.3 is 0 Å². The van der Waals surface area contributed by atoms with Crippen molar-refractivity contribution >= 4 is 44.0 Å². The molecule has 0 spiro atoms. The van der Waals surface area contributed by atoms with Gasteiger partial charge in [0.15, 0.2) is 11.0 Å². The summed E-state index contributed by atoms with van der Waals surface area (Å²) in [6, 6.07) is 7.12. The van der Waals surface area contributed by atoms with E-state index in [1.807, 2.05) is 31.2 Å². The maximum atomic E-state index is 15.1. The zero-order valence-corrected chi connectivity index (χ0v) is 22.2. The van der Waals surface area contributed by atoms with Crippen molar-refractivity contribution < 1.29 is 22.3 Å². The standard InChI is InChI=1S/C24H23ClFN7O4S/c1-13(18-21(28-9-8-27-18)29-12-14-4-6-15(36-2)7-5-14)33-10-11-37-23-16-19(17(26)20(25)31-23)30-24(32-22(16)33)38(3,34)35/h4-9,13H,10-12H2,1-3H3,(H,28,29)/t13-/m1/s1. The number of rotatable bonds is 7. The van der Waals surface area contributed by atoms with Gasteiger partial charge in [-0.2, -0.15) is 4.98 Å². The number of hydrogen-bond acceptors (Lipinski definition) is 11. The predicted octanol–water partition coefficient (Wildman–Crippen LogP) is 3.59. The van der Waals surface area contributed by atoms with Gasteiger partial charge in [0.05, 0.1) is 19.7 Å². The summed E-state index contributed by atoms with van der Waals surface area (Å²) in [7, 11) is -2.29. The van der Waals surface area contributed by atoms with Gasteiger partial charge < -0.3 is 19.7 Å². The number of pyridine rings is 1. The molecule has 3 aromatic heterocycles. The van der Waals surface area contributed by atoms with Crippen LogP contribution >= 0.6 is 11.6 Å². The summed E-state index contributed by atoms with van der Waals surface area (Å²) in [6.45, 7) is 2.74. The van der Waals surface area contributed by atoms with Crippen molar-refractivity contribution in [1.82, 2.24) is 24.9 Å². The minimum atomic E-state index is -3.89. The fourth-order valence-corrected chi connectivity index (χ4v) is 4.82. The summed E-state index contributed by atoms with van der Waals surface area (Å²) < 4.78 is 50.8. The number of ether oxygens (including phenoxy) is 2. The van der Waals surface area contributed by atoms with Crippen molar-refractivity contribution in [2.45, 2.75) is 24.7 Å². The molecule has 0 bridgehead atoms. The molecule has 198 valence electrons. The normalized spacial score (nSPS) is 14.1. The maximum Gasteiger partial charge on any atom is 0.249 e. The van der Waals surface area contributed by atoms with Crippen LogP contribution < -0.4 is 19.7 Å². The largest absolute Gasteiger partial charge is 0.497 e. The van der Waals surface area contributed by atoms with E-state index in [1.54, 1.807) is 24.4 Å². The van der Waals surface area contributed by atoms with Crippen molar-refractivity contribution in [3.63, 3.8) is 0 Å². The minimum Gasteiger partial charge on any atom is -0.497 e. The molecule has 1 aliphatic heterocycles. The molecule has 4 aromatic rings. The topological polar surface area (TPSA) is 132 Å². The summed E-state index contributed by atoms with van der Waals surface area (Å²) in [4.78, 5) is 23.1. The Morgan fingerprint density at radius 3 is 2.63 bits per heavy atom. The number of aromatic nitrogens is 5. The fraction of sp³-hybridized carbons (Fsp3) is 0.292. The molecule has 0 saturated carbocycles. The summed E-state index contributed by atoms with van der Waals surface area (Å²) in [6.07, 6.45) is 4.08. The van der Waals surface area contributed by atoms with Crippen LogP contribution in [0.1, 0.15) is 24.2 Å². The van der Waals surface area contributed by atoms with Gasteiger partial charge in [0.1, 0.15) is 40.6 Å². The van der Waals surface area contributed by atoms with Gasteiger partial charge in [0.2, 0.25) is 20.9 Å². The van der Waals surface area contributed by atoms with Gasteiger partial charge in [-0.25, -0.2) is 27.8 Å². The Morgan fingerprint density at radius 2 is 1.92 bits per heavy atom. The molecule has 0 saturated heterocycles. The first-order valence-electron chi connectivity index (χ1n) is 11.5. The van der Waals surface area contributed by atoms with Crippen LogP contribution in [0.15, 0.2) is 41.8 Å². The van der Waals surface area contributed by atoms with Gasteiger partial charge in [-0.1, -0.05) is 23.7 Å². The molecular formula is C24H23ClFN7O4S. The van der Waals surface area contributed by atoms with Crippen LogP contribution in [0.5, 0.6) is 11.6 Å². The summed E-state index contributed by atoms with van der Waals surface area (Å²) in [5.74, 6) is 0.482. The van der Waals surface area contributed by atoms with E-state index in [4.69, 9.17) is 21.1 Å². The molecule has 1 aromatic carbocycles. The molecule has 14 heteroatoms. The Morgan fingerprint density at radius 1 is 1.18 bits per heavy atom. The van der Waals surface area contributed by atoms with Gasteiger partial charge in [-0.15, -0.1) is 0 Å². The Labute approximate surface area is 223 Å². The SMILES string of the molecule is COc1ccc(CNc2nccnc2[C@@H](C)N2CCOc3nc(Cl)c(F)c4nc(S(C)(=O)=O)nc2c34)cc1. The van der Waals surface area contributed by atoms with Crippen molar-refractivity contribution in [1.29, 1.82) is 0 Å². The van der Waals surface area contributed by atoms with Crippen LogP contribution in [0.25, 0.3) is 10.9 Å². The number of nitrogens with zero attached hydrogens (tertiary/aromatic N) is 6. The summed E-state index contributed by atoms with van der Waals surface area (Å²) in [5, 5.41) is 2.42. The number of hydrogen-bond donors (Lipinski definition) is 1. The molecule has 1 atom stereocenters. The second-order valence-electron chi connectivity index (χ2n) is 8.56. The highest BCUT2D eigenvalue weighted by Crippen LogP contribution is 2.40. The van der Waals surface area contributed by atoms with E-state index in [0.717, 1.165) is 17.6 Å². The van der Waals surface area contributed by atoms with E-state index in [-0.39, 0.29) is 35.8 Å². The van der Waals surface area contributed by atoms with E-state index in [2.05, 4.69) is 30.2 Å². The quantitative estimate of drug-likeness (QED) is 0.263. The van der Waals surface area contributed by atoms with Gasteiger partial charge in [-0.3, -0.25) is 4.98 Å². The number of sulfone groups is 1. The Bertz CT molecular complexity index is 1620. The second-order valence-corrected chi connectivity index (χ2v) is 10.8. The highest BCUT2D eigenvalue weighted by Gasteiger charge is 2.32. The predicted molar refractivity (Wildman–Crippen MR) is 139 cm³/mol. The smallest absolute Gasteiger partial charge is 0.249 e. The molecule has 1 aliphatic rings. The van der Waals surface area contributed by atoms with Crippen LogP contribution in [0, 0.1) is 5.82 Å². The molecule has 0 radical (unpaired) electrons. The molecule has 38 heavy (non-hydrogen) atoms. The Kier molecular flexibility index (Phi) is 6.88. The average Bonchev–Trinajstić information content (AvgIpc) is 3.09. The number of benzene rings is 1. The maximum absolute atomic E-state index is 15.1. The lowest BCUT2D eigenvalue weighted by Gasteiger charge is -2.30. The Hall–Kier alpha value is -3.84. The van der Waals surface area contributed by atoms with Gasteiger partial charge in [0, 0.05) is 25.2 Å². The molecule has 4 heterocycles. The number of halogens is 2. The second kappa shape index (κ2) is 10.1. The molecular weight excluding hydrogens is 537 g/mol. The van der Waals surface area contributed by atoms with Crippen molar-refractivity contribution in [3.8, 4) is 11.6 Å². The van der Waals surface area contributed by atoms with E-state index in [1.165, 1.54) is 0 Å². The van der Waals surface area contributed by atoms with Gasteiger partial charge in [0.25, 0.3) is 0 Å². The van der Waals surface area contributed by atoms with Crippen LogP contribution in [0.4, 0.5) is 16.0 Å². The number of methoxy groups -OCH3 is 1. The molecule has 0 fully saturated rings. The lowest BCUT2D eigenvalue weighted by molar-refractivity contribution is 0.315. The van der Waals surface area contributed by atoms with Crippen molar-refractivity contribution in [2.75, 3.05) is 36.7 Å². The lowest BCUT2D eigenvalue weighted by Crippen LogP contribution is -2.32. The summed E-state index contributed by atoms with van der Waals surface area (Å²) >= 11 is 5.96. The monoisotopic (exact) mass is 559 g/mol. The van der Waals surface area contributed by atoms with E-state index in [9.17, 15) is 8.42 Å². The highest BCUT2D eigenvalue weighted by molar-refractivity contribution is 7.90. The number of nitrogens with one attached hydrogen (secondary N) is 1. The Balaban J connectivity index is 1.57. The molecule has 1 N–H and O–H groups in total. The zero-order chi connectivity index (χ0) is 27.0. The van der Waals surface area contributed by atoms with Crippen molar-refractivity contribution in [3.05, 3.63) is 58.9 Å². The first kappa shape index (κ1) is 25.8. The number of anilines is 2. The average molecular weight is 560 g/mol. The minimum absolute atomic E-state index is 0.0214. The first-order chi connectivity index (χ1) is 18.2. The van der Waals surface area contributed by atoms with Crippen LogP contribution in [0.2, 0.25) is 5.15 Å². The third-order valence-electron chi connectivity index (χ3n) is 6.06. The van der Waals surface area contributed by atoms with E-state index < -0.39 is 32.0 Å². The van der Waals surface area contributed by atoms with Crippen LogP contribution in [-0.4, -0.2) is 59.9 Å². The van der Waals surface area contributed by atoms with Gasteiger partial charge in [-0.05, 0) is 24.6 Å². The highest BCUT2D eigenvalue weighted by atomic mass is 35.5. The third-order valence-corrected chi connectivity index (χ3v) is 7.15. The molecule has 11 nitrogen and oxygen atoms in total. The van der Waals surface area contributed by atoms with E-state index >= 15 is 4.39 Å². The van der Waals surface area contributed by atoms with Crippen LogP contribution in [-0.2, 0) is 16.4 Å². The van der Waals surface area contributed by atoms with Crippen molar-refractivity contribution in [2.24, 2.45) is 0 Å². The zero-order valence-electron chi connectivity index (χ0n) is 20.6. The third kappa shape index (κ3) is 4.86. The molecule has 0 amide bonds. The summed E-state index contributed by atoms with van der Waals surface area (Å²) in [5.41, 5.74) is 1.28. The van der Waals surface area contributed by atoms with Crippen LogP contribution in [0.3, 0.4) is 0 Å². The molecule has 0 unspecified atom stereocenters. The molecule has 0 aliphatic carbocycles. The first-order valence-corrected chi connectivity index (χ1v) is 13.8. The van der Waals surface area contributed by atoms with E-state index in [0.29, 0.717) is 18.1 Å². The molecule has 5 rings (SSSR count). The lowest BCUT2D eigenvalue weighted by atomic mass is 10.1. The fourth-order valence-electron chi connectivity index (χ4n) is 4.15.